The number of pyridine rings is 1. The number of nitro groups is 1. The monoisotopic (exact) mass is 169 g/mol. The molecule has 1 N–H and O–H groups in total. The van der Waals surface area contributed by atoms with Gasteiger partial charge in [0.1, 0.15) is 0 Å². The molecule has 0 radical (unpaired) electrons. The largest absolute Gasteiger partial charge is 0.427 e. The van der Waals surface area contributed by atoms with Crippen LogP contribution < -0.4 is 5.49 Å². The van der Waals surface area contributed by atoms with Crippen molar-refractivity contribution in [2.75, 3.05) is 0 Å². The van der Waals surface area contributed by atoms with Crippen molar-refractivity contribution in [2.24, 2.45) is 5.10 Å². The van der Waals surface area contributed by atoms with Gasteiger partial charge in [0, 0.05) is 6.20 Å². The average Bonchev–Trinajstić information content (AvgIpc) is 1.94. The number of nitrogens with zero attached hydrogens (tertiary/aromatic N) is 3. The van der Waals surface area contributed by atoms with E-state index in [2.05, 4.69) is 5.10 Å². The molecule has 1 heterocycles. The molecular weight excluding hydrogens is 162 g/mol. The SMILES string of the molecule is Cc1ccc(=N[N+](=O)[O-])n(O)c1. The molecule has 1 aromatic rings. The van der Waals surface area contributed by atoms with Crippen LogP contribution in [0.15, 0.2) is 23.4 Å². The van der Waals surface area contributed by atoms with Gasteiger partial charge in [0.05, 0.1) is 5.10 Å². The molecule has 0 aliphatic heterocycles. The predicted molar refractivity (Wildman–Crippen MR) is 38.9 cm³/mol. The van der Waals surface area contributed by atoms with E-state index in [0.717, 1.165) is 5.56 Å². The van der Waals surface area contributed by atoms with Crippen LogP contribution in [-0.4, -0.2) is 15.0 Å². The van der Waals surface area contributed by atoms with Crippen LogP contribution in [0, 0.1) is 17.0 Å². The number of rotatable bonds is 1. The molecular formula is C6H7N3O3. The Balaban J connectivity index is 3.27. The second-order valence-electron chi connectivity index (χ2n) is 2.25. The van der Waals surface area contributed by atoms with Crippen molar-refractivity contribution in [2.45, 2.75) is 6.92 Å². The number of hydrogen-bond donors (Lipinski definition) is 1. The van der Waals surface area contributed by atoms with E-state index in [4.69, 9.17) is 5.21 Å². The van der Waals surface area contributed by atoms with Gasteiger partial charge in [-0.15, -0.1) is 0 Å². The zero-order valence-electron chi connectivity index (χ0n) is 6.34. The highest BCUT2D eigenvalue weighted by molar-refractivity contribution is 5.05. The van der Waals surface area contributed by atoms with Crippen LogP contribution in [0.1, 0.15) is 5.56 Å². The third kappa shape index (κ3) is 1.82. The summed E-state index contributed by atoms with van der Waals surface area (Å²) in [5.41, 5.74) is 0.686. The Bertz CT molecular complexity index is 369. The fourth-order valence-corrected chi connectivity index (χ4v) is 0.747. The molecule has 6 heteroatoms. The van der Waals surface area contributed by atoms with Gasteiger partial charge in [-0.2, -0.15) is 4.73 Å². The molecule has 0 bridgehead atoms. The van der Waals surface area contributed by atoms with Gasteiger partial charge in [-0.3, -0.25) is 0 Å². The van der Waals surface area contributed by atoms with Gasteiger partial charge in [0.25, 0.3) is 0 Å². The lowest BCUT2D eigenvalue weighted by molar-refractivity contribution is -0.491. The molecule has 64 valence electrons. The Morgan fingerprint density at radius 1 is 1.67 bits per heavy atom. The van der Waals surface area contributed by atoms with Gasteiger partial charge in [0.15, 0.2) is 5.03 Å². The molecule has 0 spiro atoms. The fourth-order valence-electron chi connectivity index (χ4n) is 0.747. The summed E-state index contributed by atoms with van der Waals surface area (Å²) in [6.07, 6.45) is 1.34. The quantitative estimate of drug-likeness (QED) is 0.368. The maximum atomic E-state index is 9.92. The minimum absolute atomic E-state index is 0.106. The van der Waals surface area contributed by atoms with Crippen molar-refractivity contribution in [3.8, 4) is 0 Å². The normalized spacial score (nSPS) is 11.6. The van der Waals surface area contributed by atoms with Crippen molar-refractivity contribution in [3.63, 3.8) is 0 Å². The van der Waals surface area contributed by atoms with Crippen molar-refractivity contribution in [1.29, 1.82) is 0 Å². The Morgan fingerprint density at radius 3 is 2.83 bits per heavy atom. The van der Waals surface area contributed by atoms with E-state index in [0.29, 0.717) is 4.73 Å². The van der Waals surface area contributed by atoms with Crippen LogP contribution in [0.4, 0.5) is 0 Å². The van der Waals surface area contributed by atoms with Crippen molar-refractivity contribution in [3.05, 3.63) is 39.5 Å². The fraction of sp³-hybridized carbons (Fsp3) is 0.167. The molecule has 12 heavy (non-hydrogen) atoms. The second kappa shape index (κ2) is 3.04. The summed E-state index contributed by atoms with van der Waals surface area (Å²) >= 11 is 0. The minimum Gasteiger partial charge on any atom is -0.427 e. The zero-order valence-corrected chi connectivity index (χ0v) is 6.34. The van der Waals surface area contributed by atoms with Crippen LogP contribution in [0.3, 0.4) is 0 Å². The van der Waals surface area contributed by atoms with E-state index in [9.17, 15) is 10.1 Å². The third-order valence-corrected chi connectivity index (χ3v) is 1.24. The lowest BCUT2D eigenvalue weighted by Gasteiger charge is -1.95. The second-order valence-corrected chi connectivity index (χ2v) is 2.25. The van der Waals surface area contributed by atoms with E-state index in [1.165, 1.54) is 12.3 Å². The topological polar surface area (TPSA) is 80.7 Å². The molecule has 0 aliphatic rings. The molecule has 0 fully saturated rings. The van der Waals surface area contributed by atoms with E-state index in [1.807, 2.05) is 0 Å². The molecule has 0 saturated heterocycles. The number of aryl methyl sites for hydroxylation is 1. The van der Waals surface area contributed by atoms with Crippen LogP contribution in [0.25, 0.3) is 0 Å². The zero-order chi connectivity index (χ0) is 9.14. The van der Waals surface area contributed by atoms with Gasteiger partial charge in [-0.05, 0) is 18.6 Å². The maximum Gasteiger partial charge on any atom is 0.240 e. The van der Waals surface area contributed by atoms with E-state index in [-0.39, 0.29) is 5.49 Å². The maximum absolute atomic E-state index is 9.92. The molecule has 0 aliphatic carbocycles. The summed E-state index contributed by atoms with van der Waals surface area (Å²) in [4.78, 5) is 9.92. The van der Waals surface area contributed by atoms with Gasteiger partial charge >= 0.3 is 0 Å². The summed E-state index contributed by atoms with van der Waals surface area (Å²) in [5, 5.41) is 21.1. The highest BCUT2D eigenvalue weighted by atomic mass is 16.7. The van der Waals surface area contributed by atoms with Crippen LogP contribution in [0.2, 0.25) is 0 Å². The molecule has 1 aromatic heterocycles. The molecule has 0 amide bonds. The first kappa shape index (κ1) is 8.25. The van der Waals surface area contributed by atoms with Crippen molar-refractivity contribution >= 4 is 0 Å². The Hall–Kier alpha value is -1.85. The molecule has 0 unspecified atom stereocenters. The van der Waals surface area contributed by atoms with Crippen LogP contribution in [-0.2, 0) is 0 Å². The van der Waals surface area contributed by atoms with Crippen LogP contribution >= 0.6 is 0 Å². The lowest BCUT2D eigenvalue weighted by atomic mass is 10.3. The predicted octanol–water partition coefficient (Wildman–Crippen LogP) is 0.126. The molecule has 0 aromatic carbocycles. The van der Waals surface area contributed by atoms with E-state index in [1.54, 1.807) is 13.0 Å². The van der Waals surface area contributed by atoms with Gasteiger partial charge < -0.3 is 5.21 Å². The van der Waals surface area contributed by atoms with Crippen molar-refractivity contribution < 1.29 is 10.2 Å². The Labute approximate surface area is 67.5 Å². The Kier molecular flexibility index (Phi) is 2.09. The third-order valence-electron chi connectivity index (χ3n) is 1.24. The number of aromatic nitrogens is 1. The summed E-state index contributed by atoms with van der Waals surface area (Å²) in [6, 6.07) is 2.98. The number of hydrogen-bond acceptors (Lipinski definition) is 3. The first-order valence-corrected chi connectivity index (χ1v) is 3.17. The molecule has 0 saturated carbocycles. The highest BCUT2D eigenvalue weighted by Gasteiger charge is 1.95. The summed E-state index contributed by atoms with van der Waals surface area (Å²) < 4.78 is 0.609. The summed E-state index contributed by atoms with van der Waals surface area (Å²) in [6.45, 7) is 1.75. The van der Waals surface area contributed by atoms with E-state index < -0.39 is 5.03 Å². The smallest absolute Gasteiger partial charge is 0.240 e. The molecule has 0 atom stereocenters. The van der Waals surface area contributed by atoms with Gasteiger partial charge in [0.2, 0.25) is 5.49 Å². The van der Waals surface area contributed by atoms with Crippen LogP contribution in [0.5, 0.6) is 0 Å². The Morgan fingerprint density at radius 2 is 2.33 bits per heavy atom. The average molecular weight is 169 g/mol. The van der Waals surface area contributed by atoms with Gasteiger partial charge in [-0.25, -0.2) is 10.1 Å². The van der Waals surface area contributed by atoms with Crippen molar-refractivity contribution in [1.82, 2.24) is 4.73 Å². The lowest BCUT2D eigenvalue weighted by Crippen LogP contribution is -2.19. The van der Waals surface area contributed by atoms with E-state index >= 15 is 0 Å². The first-order chi connectivity index (χ1) is 5.59. The molecule has 6 nitrogen and oxygen atoms in total. The minimum atomic E-state index is -0.864. The summed E-state index contributed by atoms with van der Waals surface area (Å²) in [7, 11) is 0. The summed E-state index contributed by atoms with van der Waals surface area (Å²) in [5.74, 6) is 0. The highest BCUT2D eigenvalue weighted by Crippen LogP contribution is 1.88. The first-order valence-electron chi connectivity index (χ1n) is 3.17. The van der Waals surface area contributed by atoms with Gasteiger partial charge in [-0.1, -0.05) is 6.07 Å². The molecule has 1 rings (SSSR count). The standard InChI is InChI=1S/C6H7N3O3/c1-5-2-3-6(7-9(11)12)8(10)4-5/h2-4,10H,1H3.